The number of hydrogen-bond donors (Lipinski definition) is 0. The number of hydrogen-bond acceptors (Lipinski definition) is 4. The van der Waals surface area contributed by atoms with Gasteiger partial charge < -0.3 is 14.4 Å². The first-order chi connectivity index (χ1) is 12.1. The molecule has 3 aliphatic heterocycles. The van der Waals surface area contributed by atoms with Crippen LogP contribution in [0.2, 0.25) is 5.02 Å². The lowest BCUT2D eigenvalue weighted by molar-refractivity contribution is -0.0951. The second-order valence-corrected chi connectivity index (χ2v) is 7.89. The molecule has 4 rings (SSSR count). The van der Waals surface area contributed by atoms with E-state index in [2.05, 4.69) is 4.90 Å². The minimum Gasteiger partial charge on any atom is -0.496 e. The van der Waals surface area contributed by atoms with E-state index in [1.807, 2.05) is 4.90 Å². The summed E-state index contributed by atoms with van der Waals surface area (Å²) in [7, 11) is 1.56. The Morgan fingerprint density at radius 3 is 2.76 bits per heavy atom. The third kappa shape index (κ3) is 3.25. The van der Waals surface area contributed by atoms with Crippen molar-refractivity contribution >= 4 is 17.5 Å². The van der Waals surface area contributed by atoms with E-state index in [0.29, 0.717) is 35.5 Å². The van der Waals surface area contributed by atoms with E-state index in [-0.39, 0.29) is 11.5 Å². The van der Waals surface area contributed by atoms with Gasteiger partial charge in [-0.1, -0.05) is 18.0 Å². The molecular weight excluding hydrogens is 340 g/mol. The monoisotopic (exact) mass is 364 g/mol. The van der Waals surface area contributed by atoms with Gasteiger partial charge in [-0.2, -0.15) is 0 Å². The Hall–Kier alpha value is -1.30. The van der Waals surface area contributed by atoms with Crippen LogP contribution in [-0.2, 0) is 4.74 Å². The third-order valence-electron chi connectivity index (χ3n) is 5.74. The highest BCUT2D eigenvalue weighted by molar-refractivity contribution is 6.30. The zero-order valence-corrected chi connectivity index (χ0v) is 15.4. The average Bonchev–Trinajstić information content (AvgIpc) is 3.06. The number of benzene rings is 1. The molecule has 0 N–H and O–H groups in total. The van der Waals surface area contributed by atoms with Crippen LogP contribution in [0.1, 0.15) is 36.0 Å². The predicted molar refractivity (Wildman–Crippen MR) is 96.4 cm³/mol. The lowest BCUT2D eigenvalue weighted by Crippen LogP contribution is -2.63. The smallest absolute Gasteiger partial charge is 0.257 e. The van der Waals surface area contributed by atoms with Crippen LogP contribution in [0.3, 0.4) is 0 Å². The van der Waals surface area contributed by atoms with E-state index >= 15 is 0 Å². The summed E-state index contributed by atoms with van der Waals surface area (Å²) in [4.78, 5) is 17.2. The van der Waals surface area contributed by atoms with Crippen molar-refractivity contribution in [3.63, 3.8) is 0 Å². The number of amides is 1. The van der Waals surface area contributed by atoms with Crippen molar-refractivity contribution in [1.82, 2.24) is 9.80 Å². The molecule has 6 heteroatoms. The van der Waals surface area contributed by atoms with Gasteiger partial charge in [0.05, 0.1) is 32.4 Å². The first kappa shape index (κ1) is 17.1. The van der Waals surface area contributed by atoms with Gasteiger partial charge in [-0.25, -0.2) is 0 Å². The van der Waals surface area contributed by atoms with Crippen LogP contribution in [0.4, 0.5) is 0 Å². The summed E-state index contributed by atoms with van der Waals surface area (Å²) in [5.74, 6) is 0.515. The molecule has 1 amide bonds. The highest BCUT2D eigenvalue weighted by Gasteiger charge is 2.52. The second-order valence-electron chi connectivity index (χ2n) is 7.45. The Morgan fingerprint density at radius 2 is 2.04 bits per heavy atom. The summed E-state index contributed by atoms with van der Waals surface area (Å²) in [6.07, 6.45) is 4.98. The topological polar surface area (TPSA) is 42.0 Å². The Bertz CT molecular complexity index is 654. The first-order valence-electron chi connectivity index (χ1n) is 9.11. The molecule has 0 aliphatic carbocycles. The zero-order valence-electron chi connectivity index (χ0n) is 14.7. The minimum absolute atomic E-state index is 0.0100. The van der Waals surface area contributed by atoms with Gasteiger partial charge in [0.1, 0.15) is 11.4 Å². The van der Waals surface area contributed by atoms with E-state index < -0.39 is 0 Å². The van der Waals surface area contributed by atoms with Crippen molar-refractivity contribution in [3.05, 3.63) is 28.8 Å². The number of nitrogens with zero attached hydrogens (tertiary/aromatic N) is 2. The molecule has 1 aromatic carbocycles. The Kier molecular flexibility index (Phi) is 4.65. The highest BCUT2D eigenvalue weighted by Crippen LogP contribution is 2.39. The van der Waals surface area contributed by atoms with E-state index in [1.54, 1.807) is 25.3 Å². The van der Waals surface area contributed by atoms with Gasteiger partial charge in [0, 0.05) is 11.1 Å². The SMILES string of the molecule is COc1cc(Cl)ccc1C(=O)N1CC2(CC(N3CCCCC3)CO2)C1. The highest BCUT2D eigenvalue weighted by atomic mass is 35.5. The van der Waals surface area contributed by atoms with Gasteiger partial charge in [0.2, 0.25) is 0 Å². The quantitative estimate of drug-likeness (QED) is 0.827. The largest absolute Gasteiger partial charge is 0.496 e. The molecule has 3 saturated heterocycles. The molecule has 1 aromatic rings. The molecule has 3 fully saturated rings. The fourth-order valence-corrected chi connectivity index (χ4v) is 4.53. The van der Waals surface area contributed by atoms with Crippen LogP contribution in [0, 0.1) is 0 Å². The summed E-state index contributed by atoms with van der Waals surface area (Å²) in [5, 5.41) is 0.567. The molecular formula is C19H25ClN2O3. The molecule has 1 unspecified atom stereocenters. The van der Waals surface area contributed by atoms with Gasteiger partial charge in [-0.15, -0.1) is 0 Å². The molecule has 5 nitrogen and oxygen atoms in total. The van der Waals surface area contributed by atoms with Gasteiger partial charge in [0.15, 0.2) is 0 Å². The number of likely N-dealkylation sites (tertiary alicyclic amines) is 2. The van der Waals surface area contributed by atoms with Crippen LogP contribution >= 0.6 is 11.6 Å². The van der Waals surface area contributed by atoms with Crippen molar-refractivity contribution in [1.29, 1.82) is 0 Å². The molecule has 0 radical (unpaired) electrons. The number of ether oxygens (including phenoxy) is 2. The molecule has 0 bridgehead atoms. The van der Waals surface area contributed by atoms with E-state index in [9.17, 15) is 4.79 Å². The molecule has 1 atom stereocenters. The molecule has 0 aromatic heterocycles. The summed E-state index contributed by atoms with van der Waals surface area (Å²) in [6.45, 7) is 4.51. The van der Waals surface area contributed by atoms with Crippen LogP contribution in [-0.4, -0.2) is 67.2 Å². The molecule has 1 spiro atoms. The predicted octanol–water partition coefficient (Wildman–Crippen LogP) is 2.82. The number of piperidine rings is 1. The number of rotatable bonds is 3. The molecule has 0 saturated carbocycles. The van der Waals surface area contributed by atoms with Crippen LogP contribution < -0.4 is 4.74 Å². The maximum atomic E-state index is 12.8. The second kappa shape index (κ2) is 6.78. The van der Waals surface area contributed by atoms with Gasteiger partial charge in [-0.05, 0) is 50.6 Å². The van der Waals surface area contributed by atoms with Crippen molar-refractivity contribution in [2.24, 2.45) is 0 Å². The number of halogens is 1. The number of carbonyl (C=O) groups excluding carboxylic acids is 1. The lowest BCUT2D eigenvalue weighted by atomic mass is 9.88. The van der Waals surface area contributed by atoms with Crippen LogP contribution in [0.25, 0.3) is 0 Å². The molecule has 136 valence electrons. The maximum absolute atomic E-state index is 12.8. The van der Waals surface area contributed by atoms with E-state index in [0.717, 1.165) is 13.0 Å². The number of carbonyl (C=O) groups is 1. The molecule has 3 heterocycles. The van der Waals surface area contributed by atoms with Gasteiger partial charge in [-0.3, -0.25) is 9.69 Å². The fourth-order valence-electron chi connectivity index (χ4n) is 4.36. The third-order valence-corrected chi connectivity index (χ3v) is 5.97. The zero-order chi connectivity index (χ0) is 17.4. The maximum Gasteiger partial charge on any atom is 0.257 e. The summed E-state index contributed by atoms with van der Waals surface area (Å²) in [6, 6.07) is 5.66. The average molecular weight is 365 g/mol. The van der Waals surface area contributed by atoms with Gasteiger partial charge >= 0.3 is 0 Å². The van der Waals surface area contributed by atoms with Crippen LogP contribution in [0.5, 0.6) is 5.75 Å². The van der Waals surface area contributed by atoms with Crippen molar-refractivity contribution < 1.29 is 14.3 Å². The van der Waals surface area contributed by atoms with Crippen molar-refractivity contribution in [3.8, 4) is 5.75 Å². The standard InChI is InChI=1S/C19H25ClN2O3/c1-24-17-9-14(20)5-6-16(17)18(23)22-12-19(13-22)10-15(11-25-19)21-7-3-2-4-8-21/h5-6,9,15H,2-4,7-8,10-13H2,1H3. The van der Waals surface area contributed by atoms with E-state index in [4.69, 9.17) is 21.1 Å². The molecule has 25 heavy (non-hydrogen) atoms. The Labute approximate surface area is 153 Å². The fraction of sp³-hybridized carbons (Fsp3) is 0.632. The van der Waals surface area contributed by atoms with Crippen molar-refractivity contribution in [2.45, 2.75) is 37.3 Å². The first-order valence-corrected chi connectivity index (χ1v) is 9.49. The molecule has 3 aliphatic rings. The summed E-state index contributed by atoms with van der Waals surface area (Å²) >= 11 is 5.99. The minimum atomic E-state index is -0.141. The van der Waals surface area contributed by atoms with E-state index in [1.165, 1.54) is 32.4 Å². The number of methoxy groups -OCH3 is 1. The summed E-state index contributed by atoms with van der Waals surface area (Å²) in [5.41, 5.74) is 0.421. The Morgan fingerprint density at radius 1 is 1.28 bits per heavy atom. The Balaban J connectivity index is 1.38. The van der Waals surface area contributed by atoms with Crippen LogP contribution in [0.15, 0.2) is 18.2 Å². The van der Waals surface area contributed by atoms with Gasteiger partial charge in [0.25, 0.3) is 5.91 Å². The summed E-state index contributed by atoms with van der Waals surface area (Å²) < 4.78 is 11.5. The lowest BCUT2D eigenvalue weighted by Gasteiger charge is -2.47. The van der Waals surface area contributed by atoms with Crippen molar-refractivity contribution in [2.75, 3.05) is 39.9 Å². The normalized spacial score (nSPS) is 25.8.